The minimum Gasteiger partial charge on any atom is -0.455 e. The lowest BCUT2D eigenvalue weighted by atomic mass is 9.95. The number of amides is 1. The van der Waals surface area contributed by atoms with E-state index in [1.165, 1.54) is 4.88 Å². The highest BCUT2D eigenvalue weighted by atomic mass is 35.5. The number of anilines is 1. The summed E-state index contributed by atoms with van der Waals surface area (Å²) in [4.78, 5) is 19.1. The molecule has 0 atom stereocenters. The summed E-state index contributed by atoms with van der Waals surface area (Å²) in [6.45, 7) is 0. The first-order valence-corrected chi connectivity index (χ1v) is 11.8. The van der Waals surface area contributed by atoms with Crippen LogP contribution in [0.2, 0.25) is 5.02 Å². The molecule has 5 rings (SSSR count). The number of aryl methyl sites for hydroxylation is 1. The van der Waals surface area contributed by atoms with Crippen molar-refractivity contribution in [3.63, 3.8) is 0 Å². The Labute approximate surface area is 195 Å². The Kier molecular flexibility index (Phi) is 5.93. The molecule has 4 aromatic rings. The van der Waals surface area contributed by atoms with Crippen LogP contribution in [0, 0.1) is 0 Å². The van der Waals surface area contributed by atoms with Crippen LogP contribution in [0.3, 0.4) is 0 Å². The topological polar surface area (TPSA) is 54.6 Å². The molecule has 4 nitrogen and oxygen atoms in total. The number of fused-ring (bicyclic) bond motifs is 1. The van der Waals surface area contributed by atoms with Crippen LogP contribution in [0.4, 0.5) is 10.7 Å². The molecular weight excluding hydrogens is 440 g/mol. The molecule has 1 amide bonds. The fourth-order valence-corrected chi connectivity index (χ4v) is 5.26. The predicted molar refractivity (Wildman–Crippen MR) is 132 cm³/mol. The number of furan rings is 1. The average Bonchev–Trinajstić information content (AvgIpc) is 3.43. The van der Waals surface area contributed by atoms with Crippen LogP contribution in [-0.4, -0.2) is 12.1 Å². The van der Waals surface area contributed by atoms with E-state index in [2.05, 4.69) is 10.3 Å². The molecule has 2 aromatic heterocycles. The first kappa shape index (κ1) is 20.7. The maximum Gasteiger partial charge on any atom is 0.259 e. The number of halogens is 1. The van der Waals surface area contributed by atoms with Gasteiger partial charge in [0.05, 0.1) is 11.8 Å². The minimum atomic E-state index is -0.107. The zero-order valence-electron chi connectivity index (χ0n) is 17.3. The molecule has 1 aliphatic rings. The van der Waals surface area contributed by atoms with Crippen LogP contribution >= 0.6 is 22.9 Å². The second-order valence-corrected chi connectivity index (χ2v) is 9.20. The molecule has 0 spiro atoms. The normalized spacial score (nSPS) is 13.3. The van der Waals surface area contributed by atoms with Crippen LogP contribution in [0.25, 0.3) is 11.3 Å². The molecule has 0 aliphatic heterocycles. The van der Waals surface area contributed by atoms with Crippen LogP contribution in [0.5, 0.6) is 0 Å². The fourth-order valence-electron chi connectivity index (χ4n) is 3.91. The summed E-state index contributed by atoms with van der Waals surface area (Å²) < 4.78 is 5.94. The molecule has 0 fully saturated rings. The van der Waals surface area contributed by atoms with Gasteiger partial charge < -0.3 is 9.73 Å². The standard InChI is InChI=1S/C26H21ClN2O2S/c27-18-12-10-17(11-13-18)22-15-14-20(31-22)16-28-26-24(21-8-4-5-9-23(21)32-26)25(30)29-19-6-2-1-3-7-19/h1-3,6-7,10-16H,4-5,8-9H2,(H,29,30). The van der Waals surface area contributed by atoms with Crippen LogP contribution in [-0.2, 0) is 12.8 Å². The zero-order valence-corrected chi connectivity index (χ0v) is 18.9. The van der Waals surface area contributed by atoms with Gasteiger partial charge in [0.15, 0.2) is 0 Å². The van der Waals surface area contributed by atoms with E-state index in [4.69, 9.17) is 16.0 Å². The first-order valence-electron chi connectivity index (χ1n) is 10.6. The van der Waals surface area contributed by atoms with E-state index in [0.717, 1.165) is 53.3 Å². The van der Waals surface area contributed by atoms with Gasteiger partial charge in [-0.15, -0.1) is 11.3 Å². The van der Waals surface area contributed by atoms with E-state index in [1.807, 2.05) is 66.7 Å². The lowest BCUT2D eigenvalue weighted by molar-refractivity contribution is 0.102. The van der Waals surface area contributed by atoms with Gasteiger partial charge in [-0.05, 0) is 79.8 Å². The van der Waals surface area contributed by atoms with Crippen molar-refractivity contribution < 1.29 is 9.21 Å². The Bertz CT molecular complexity index is 1270. The number of hydrogen-bond acceptors (Lipinski definition) is 4. The van der Waals surface area contributed by atoms with Gasteiger partial charge in [-0.3, -0.25) is 4.79 Å². The van der Waals surface area contributed by atoms with Crippen molar-refractivity contribution in [2.45, 2.75) is 25.7 Å². The number of aliphatic imine (C=N–C) groups is 1. The lowest BCUT2D eigenvalue weighted by Crippen LogP contribution is -2.14. The number of carbonyl (C=O) groups excluding carboxylic acids is 1. The third-order valence-electron chi connectivity index (χ3n) is 5.48. The van der Waals surface area contributed by atoms with Gasteiger partial charge >= 0.3 is 0 Å². The lowest BCUT2D eigenvalue weighted by Gasteiger charge is -2.12. The van der Waals surface area contributed by atoms with Crippen molar-refractivity contribution in [3.8, 4) is 11.3 Å². The summed E-state index contributed by atoms with van der Waals surface area (Å²) in [6.07, 6.45) is 5.86. The second-order valence-electron chi connectivity index (χ2n) is 7.68. The summed E-state index contributed by atoms with van der Waals surface area (Å²) in [5.41, 5.74) is 3.56. The van der Waals surface area contributed by atoms with Gasteiger partial charge in [0, 0.05) is 21.2 Å². The molecule has 0 radical (unpaired) electrons. The SMILES string of the molecule is O=C(Nc1ccccc1)c1c(N=Cc2ccc(-c3ccc(Cl)cc3)o2)sc2c1CCCC2. The summed E-state index contributed by atoms with van der Waals surface area (Å²) in [7, 11) is 0. The van der Waals surface area contributed by atoms with Gasteiger partial charge in [-0.1, -0.05) is 29.8 Å². The van der Waals surface area contributed by atoms with Gasteiger partial charge in [0.1, 0.15) is 16.5 Å². The Morgan fingerprint density at radius 3 is 2.59 bits per heavy atom. The van der Waals surface area contributed by atoms with Gasteiger partial charge in [0.25, 0.3) is 5.91 Å². The average molecular weight is 461 g/mol. The van der Waals surface area contributed by atoms with Gasteiger partial charge in [-0.2, -0.15) is 0 Å². The van der Waals surface area contributed by atoms with Crippen molar-refractivity contribution >= 4 is 45.7 Å². The second kappa shape index (κ2) is 9.15. The van der Waals surface area contributed by atoms with Crippen LogP contribution in [0.1, 0.15) is 39.4 Å². The maximum atomic E-state index is 13.2. The van der Waals surface area contributed by atoms with E-state index in [-0.39, 0.29) is 5.91 Å². The zero-order chi connectivity index (χ0) is 21.9. The number of benzene rings is 2. The number of thiophene rings is 1. The van der Waals surface area contributed by atoms with Crippen molar-refractivity contribution in [2.24, 2.45) is 4.99 Å². The third kappa shape index (κ3) is 4.40. The summed E-state index contributed by atoms with van der Waals surface area (Å²) in [6, 6.07) is 20.8. The molecule has 0 saturated carbocycles. The summed E-state index contributed by atoms with van der Waals surface area (Å²) in [5, 5.41) is 4.44. The monoisotopic (exact) mass is 460 g/mol. The van der Waals surface area contributed by atoms with Crippen molar-refractivity contribution in [3.05, 3.63) is 93.5 Å². The number of carbonyl (C=O) groups is 1. The van der Waals surface area contributed by atoms with E-state index in [0.29, 0.717) is 16.3 Å². The molecule has 2 heterocycles. The molecule has 0 saturated heterocycles. The molecule has 1 N–H and O–H groups in total. The molecule has 0 unspecified atom stereocenters. The fraction of sp³-hybridized carbons (Fsp3) is 0.154. The molecule has 0 bridgehead atoms. The Balaban J connectivity index is 1.43. The number of para-hydroxylation sites is 1. The van der Waals surface area contributed by atoms with E-state index in [9.17, 15) is 4.79 Å². The Morgan fingerprint density at radius 1 is 1.00 bits per heavy atom. The van der Waals surface area contributed by atoms with E-state index >= 15 is 0 Å². The van der Waals surface area contributed by atoms with Crippen LogP contribution in [0.15, 0.2) is 76.1 Å². The van der Waals surface area contributed by atoms with Crippen molar-refractivity contribution in [1.29, 1.82) is 0 Å². The molecule has 32 heavy (non-hydrogen) atoms. The third-order valence-corrected chi connectivity index (χ3v) is 6.93. The first-order chi connectivity index (χ1) is 15.7. The van der Waals surface area contributed by atoms with Gasteiger partial charge in [-0.25, -0.2) is 4.99 Å². The molecule has 1 aliphatic carbocycles. The Hall–Kier alpha value is -3.15. The molecular formula is C26H21ClN2O2S. The largest absolute Gasteiger partial charge is 0.455 e. The number of hydrogen-bond donors (Lipinski definition) is 1. The van der Waals surface area contributed by atoms with Gasteiger partial charge in [0.2, 0.25) is 0 Å². The summed E-state index contributed by atoms with van der Waals surface area (Å²) >= 11 is 7.58. The predicted octanol–water partition coefficient (Wildman–Crippen LogP) is 7.54. The number of rotatable bonds is 5. The summed E-state index contributed by atoms with van der Waals surface area (Å²) in [5.74, 6) is 1.27. The maximum absolute atomic E-state index is 13.2. The smallest absolute Gasteiger partial charge is 0.259 e. The number of nitrogens with one attached hydrogen (secondary N) is 1. The highest BCUT2D eigenvalue weighted by molar-refractivity contribution is 7.16. The molecule has 6 heteroatoms. The van der Waals surface area contributed by atoms with E-state index < -0.39 is 0 Å². The Morgan fingerprint density at radius 2 is 1.78 bits per heavy atom. The minimum absolute atomic E-state index is 0.107. The quantitative estimate of drug-likeness (QED) is 0.312. The highest BCUT2D eigenvalue weighted by Crippen LogP contribution is 2.40. The number of nitrogens with zero attached hydrogens (tertiary/aromatic N) is 1. The molecule has 160 valence electrons. The van der Waals surface area contributed by atoms with Crippen molar-refractivity contribution in [2.75, 3.05) is 5.32 Å². The molecule has 2 aromatic carbocycles. The van der Waals surface area contributed by atoms with Crippen molar-refractivity contribution in [1.82, 2.24) is 0 Å². The van der Waals surface area contributed by atoms with E-state index in [1.54, 1.807) is 17.6 Å². The highest BCUT2D eigenvalue weighted by Gasteiger charge is 2.25. The van der Waals surface area contributed by atoms with Crippen LogP contribution < -0.4 is 5.32 Å².